The van der Waals surface area contributed by atoms with Crippen molar-refractivity contribution >= 4 is 11.9 Å². The van der Waals surface area contributed by atoms with Crippen molar-refractivity contribution in [1.29, 1.82) is 0 Å². The molecule has 0 unspecified atom stereocenters. The van der Waals surface area contributed by atoms with Crippen LogP contribution in [0, 0.1) is 6.92 Å². The average Bonchev–Trinajstić information content (AvgIpc) is 2.62. The minimum absolute atomic E-state index is 0.0692. The van der Waals surface area contributed by atoms with Crippen molar-refractivity contribution in [2.45, 2.75) is 25.7 Å². The fourth-order valence-corrected chi connectivity index (χ4v) is 3.08. The van der Waals surface area contributed by atoms with Crippen LogP contribution in [0.15, 0.2) is 36.7 Å². The average molecular weight is 325 g/mol. The molecule has 6 nitrogen and oxygen atoms in total. The van der Waals surface area contributed by atoms with Gasteiger partial charge in [0.15, 0.2) is 0 Å². The maximum atomic E-state index is 12.5. The monoisotopic (exact) mass is 325 g/mol. The second-order valence-electron chi connectivity index (χ2n) is 5.98. The second kappa shape index (κ2) is 6.78. The molecule has 0 atom stereocenters. The van der Waals surface area contributed by atoms with Crippen molar-refractivity contribution in [2.24, 2.45) is 0 Å². The van der Waals surface area contributed by atoms with Gasteiger partial charge in [-0.15, -0.1) is 0 Å². The Labute approximate surface area is 140 Å². The Balaban J connectivity index is 1.64. The quantitative estimate of drug-likeness (QED) is 0.937. The van der Waals surface area contributed by atoms with Gasteiger partial charge in [0.05, 0.1) is 11.3 Å². The lowest BCUT2D eigenvalue weighted by atomic mass is 9.89. The van der Waals surface area contributed by atoms with Crippen LogP contribution >= 0.6 is 0 Å². The molecule has 6 heteroatoms. The lowest BCUT2D eigenvalue weighted by Gasteiger charge is -2.32. The largest absolute Gasteiger partial charge is 0.478 e. The van der Waals surface area contributed by atoms with Crippen molar-refractivity contribution < 1.29 is 14.7 Å². The lowest BCUT2D eigenvalue weighted by Crippen LogP contribution is -2.38. The van der Waals surface area contributed by atoms with Crippen LogP contribution in [0.4, 0.5) is 0 Å². The Morgan fingerprint density at radius 2 is 1.71 bits per heavy atom. The highest BCUT2D eigenvalue weighted by atomic mass is 16.4. The van der Waals surface area contributed by atoms with Crippen molar-refractivity contribution in [3.63, 3.8) is 0 Å². The molecule has 2 heterocycles. The normalized spacial score (nSPS) is 15.3. The molecule has 1 N–H and O–H groups in total. The molecule has 124 valence electrons. The molecule has 24 heavy (non-hydrogen) atoms. The van der Waals surface area contributed by atoms with E-state index in [0.717, 1.165) is 18.4 Å². The van der Waals surface area contributed by atoms with Crippen molar-refractivity contribution in [3.05, 3.63) is 59.2 Å². The Hall–Kier alpha value is -2.76. The summed E-state index contributed by atoms with van der Waals surface area (Å²) in [6, 6.07) is 7.02. The number of carbonyl (C=O) groups excluding carboxylic acids is 1. The third kappa shape index (κ3) is 3.27. The van der Waals surface area contributed by atoms with Gasteiger partial charge in [-0.05, 0) is 43.4 Å². The maximum absolute atomic E-state index is 12.5. The van der Waals surface area contributed by atoms with Crippen LogP contribution in [0.25, 0.3) is 0 Å². The molecule has 3 rings (SSSR count). The highest BCUT2D eigenvalue weighted by Gasteiger charge is 2.26. The topological polar surface area (TPSA) is 83.4 Å². The first-order valence-electron chi connectivity index (χ1n) is 7.96. The molecular weight excluding hydrogens is 306 g/mol. The predicted molar refractivity (Wildman–Crippen MR) is 88.0 cm³/mol. The van der Waals surface area contributed by atoms with E-state index in [1.807, 2.05) is 17.0 Å². The number of rotatable bonds is 3. The third-order valence-corrected chi connectivity index (χ3v) is 4.49. The minimum Gasteiger partial charge on any atom is -0.478 e. The number of carboxylic acid groups (broad SMARTS) is 1. The number of hydrogen-bond acceptors (Lipinski definition) is 4. The van der Waals surface area contributed by atoms with Crippen molar-refractivity contribution in [3.8, 4) is 0 Å². The Morgan fingerprint density at radius 1 is 1.08 bits per heavy atom. The van der Waals surface area contributed by atoms with Crippen LogP contribution in [0.3, 0.4) is 0 Å². The van der Waals surface area contributed by atoms with Gasteiger partial charge in [0.2, 0.25) is 0 Å². The number of carbonyl (C=O) groups is 2. The Morgan fingerprint density at radius 3 is 2.29 bits per heavy atom. The van der Waals surface area contributed by atoms with E-state index in [1.165, 1.54) is 6.20 Å². The molecule has 1 aromatic carbocycles. The fourth-order valence-electron chi connectivity index (χ4n) is 3.08. The zero-order valence-electron chi connectivity index (χ0n) is 13.5. The fraction of sp³-hybridized carbons (Fsp3) is 0.333. The molecule has 1 amide bonds. The van der Waals surface area contributed by atoms with Gasteiger partial charge in [0, 0.05) is 25.5 Å². The first-order chi connectivity index (χ1) is 11.6. The highest BCUT2D eigenvalue weighted by molar-refractivity contribution is 5.93. The first kappa shape index (κ1) is 16.1. The molecule has 2 aromatic rings. The van der Waals surface area contributed by atoms with Gasteiger partial charge in [-0.1, -0.05) is 12.1 Å². The van der Waals surface area contributed by atoms with Gasteiger partial charge < -0.3 is 10.0 Å². The highest BCUT2D eigenvalue weighted by Crippen LogP contribution is 2.28. The molecule has 0 saturated carbocycles. The number of benzene rings is 1. The molecule has 0 bridgehead atoms. The van der Waals surface area contributed by atoms with E-state index in [2.05, 4.69) is 9.97 Å². The van der Waals surface area contributed by atoms with E-state index in [9.17, 15) is 9.59 Å². The SMILES string of the molecule is Cc1nccnc1C(=O)N1CCC(c2ccc(C(=O)O)cc2)CC1. The molecule has 1 aliphatic heterocycles. The maximum Gasteiger partial charge on any atom is 0.335 e. The number of aromatic nitrogens is 2. The van der Waals surface area contributed by atoms with Crippen LogP contribution in [-0.4, -0.2) is 44.9 Å². The van der Waals surface area contributed by atoms with E-state index < -0.39 is 5.97 Å². The molecule has 1 aliphatic rings. The van der Waals surface area contributed by atoms with Crippen LogP contribution in [0.2, 0.25) is 0 Å². The molecule has 1 saturated heterocycles. The number of carboxylic acids is 1. The van der Waals surface area contributed by atoms with E-state index in [4.69, 9.17) is 5.11 Å². The van der Waals surface area contributed by atoms with Gasteiger partial charge in [-0.3, -0.25) is 9.78 Å². The predicted octanol–water partition coefficient (Wildman–Crippen LogP) is 2.50. The van der Waals surface area contributed by atoms with Gasteiger partial charge in [-0.2, -0.15) is 0 Å². The summed E-state index contributed by atoms with van der Waals surface area (Å²) in [5.41, 5.74) is 2.49. The van der Waals surface area contributed by atoms with Crippen LogP contribution in [-0.2, 0) is 0 Å². The van der Waals surface area contributed by atoms with Gasteiger partial charge >= 0.3 is 5.97 Å². The van der Waals surface area contributed by atoms with Crippen LogP contribution in [0.1, 0.15) is 50.9 Å². The summed E-state index contributed by atoms with van der Waals surface area (Å²) in [6.45, 7) is 3.12. The number of hydrogen-bond donors (Lipinski definition) is 1. The van der Waals surface area contributed by atoms with E-state index in [0.29, 0.717) is 36.0 Å². The summed E-state index contributed by atoms with van der Waals surface area (Å²) in [4.78, 5) is 33.5. The number of aromatic carboxylic acids is 1. The Bertz CT molecular complexity index is 750. The molecule has 1 fully saturated rings. The second-order valence-corrected chi connectivity index (χ2v) is 5.98. The summed E-state index contributed by atoms with van der Waals surface area (Å²) in [6.07, 6.45) is 4.84. The number of amides is 1. The van der Waals surface area contributed by atoms with E-state index in [-0.39, 0.29) is 5.91 Å². The van der Waals surface area contributed by atoms with Crippen LogP contribution < -0.4 is 0 Å². The van der Waals surface area contributed by atoms with Crippen molar-refractivity contribution in [1.82, 2.24) is 14.9 Å². The number of nitrogens with zero attached hydrogens (tertiary/aromatic N) is 3. The van der Waals surface area contributed by atoms with Gasteiger partial charge in [-0.25, -0.2) is 9.78 Å². The molecular formula is C18H19N3O3. The molecule has 0 radical (unpaired) electrons. The van der Waals surface area contributed by atoms with E-state index >= 15 is 0 Å². The zero-order valence-corrected chi connectivity index (χ0v) is 13.5. The number of aryl methyl sites for hydroxylation is 1. The molecule has 1 aromatic heterocycles. The number of likely N-dealkylation sites (tertiary alicyclic amines) is 1. The van der Waals surface area contributed by atoms with Crippen LogP contribution in [0.5, 0.6) is 0 Å². The van der Waals surface area contributed by atoms with Crippen molar-refractivity contribution in [2.75, 3.05) is 13.1 Å². The smallest absolute Gasteiger partial charge is 0.335 e. The lowest BCUT2D eigenvalue weighted by molar-refractivity contribution is 0.0689. The zero-order chi connectivity index (χ0) is 17.1. The number of piperidine rings is 1. The first-order valence-corrected chi connectivity index (χ1v) is 7.96. The molecule has 0 aliphatic carbocycles. The van der Waals surface area contributed by atoms with Gasteiger partial charge in [0.25, 0.3) is 5.91 Å². The standard InChI is InChI=1S/C18H19N3O3/c1-12-16(20-9-8-19-12)17(22)21-10-6-14(7-11-21)13-2-4-15(5-3-13)18(23)24/h2-5,8-9,14H,6-7,10-11H2,1H3,(H,23,24). The van der Waals surface area contributed by atoms with Gasteiger partial charge in [0.1, 0.15) is 5.69 Å². The summed E-state index contributed by atoms with van der Waals surface area (Å²) in [5, 5.41) is 8.96. The minimum atomic E-state index is -0.915. The summed E-state index contributed by atoms with van der Waals surface area (Å²) in [5.74, 6) is -0.638. The Kier molecular flexibility index (Phi) is 4.55. The summed E-state index contributed by atoms with van der Waals surface area (Å²) in [7, 11) is 0. The summed E-state index contributed by atoms with van der Waals surface area (Å²) >= 11 is 0. The van der Waals surface area contributed by atoms with E-state index in [1.54, 1.807) is 25.3 Å². The molecule has 0 spiro atoms. The summed E-state index contributed by atoms with van der Waals surface area (Å²) < 4.78 is 0. The third-order valence-electron chi connectivity index (χ3n) is 4.49.